The zero-order valence-corrected chi connectivity index (χ0v) is 18.6. The van der Waals surface area contributed by atoms with Crippen molar-refractivity contribution in [1.29, 1.82) is 0 Å². The number of allylic oxidation sites excluding steroid dienone is 1. The third kappa shape index (κ3) is 5.66. The van der Waals surface area contributed by atoms with Crippen LogP contribution in [0.5, 0.6) is 0 Å². The lowest BCUT2D eigenvalue weighted by Gasteiger charge is -2.06. The van der Waals surface area contributed by atoms with E-state index >= 15 is 0 Å². The van der Waals surface area contributed by atoms with Crippen LogP contribution in [0.15, 0.2) is 40.8 Å². The largest absolute Gasteiger partial charge is 0.367 e. The Bertz CT molecular complexity index is 923. The lowest BCUT2D eigenvalue weighted by atomic mass is 9.94. The fourth-order valence-electron chi connectivity index (χ4n) is 3.56. The minimum absolute atomic E-state index is 0.00881. The number of epoxide rings is 2. The molecule has 1 aromatic rings. The maximum Gasteiger partial charge on any atom is 0.297 e. The average molecular weight is 440 g/mol. The molecule has 1 aromatic carbocycles. The first-order valence-electron chi connectivity index (χ1n) is 10.1. The Labute approximate surface area is 177 Å². The molecular weight excluding hydrogens is 410 g/mol. The summed E-state index contributed by atoms with van der Waals surface area (Å²) in [5.41, 5.74) is 0.776. The summed E-state index contributed by atoms with van der Waals surface area (Å²) in [4.78, 5) is 9.97. The molecule has 0 unspecified atom stereocenters. The molecule has 2 saturated heterocycles. The standard InChI is InChI=1S/C21H29NO7S/c1-15(5-10-19-21(4,29-19)13-11-18-20(2,3)28-18)12-14-27-30(25,26)17-8-6-16(7-9-17)22(23)24/h6-9,12,18-19H,5,10-11,13-14H2,1-4H3/b15-12+/t18-,19-,21-/m1/s1. The van der Waals surface area contributed by atoms with Crippen LogP contribution in [0.25, 0.3) is 0 Å². The average Bonchev–Trinajstić information content (AvgIpc) is 3.52. The van der Waals surface area contributed by atoms with Crippen molar-refractivity contribution in [3.8, 4) is 0 Å². The summed E-state index contributed by atoms with van der Waals surface area (Å²) in [5.74, 6) is 0. The molecule has 8 nitrogen and oxygen atoms in total. The van der Waals surface area contributed by atoms with Gasteiger partial charge in [-0.15, -0.1) is 0 Å². The number of nitro groups is 1. The lowest BCUT2D eigenvalue weighted by Crippen LogP contribution is -2.13. The van der Waals surface area contributed by atoms with Gasteiger partial charge in [0.05, 0.1) is 39.8 Å². The van der Waals surface area contributed by atoms with E-state index in [-0.39, 0.29) is 34.5 Å². The molecule has 0 radical (unpaired) electrons. The van der Waals surface area contributed by atoms with Crippen molar-refractivity contribution in [1.82, 2.24) is 0 Å². The van der Waals surface area contributed by atoms with E-state index in [1.807, 2.05) is 6.92 Å². The Kier molecular flexibility index (Phi) is 6.38. The molecule has 0 aromatic heterocycles. The summed E-state index contributed by atoms with van der Waals surface area (Å²) in [6.07, 6.45) is 5.94. The van der Waals surface area contributed by atoms with Crippen LogP contribution >= 0.6 is 0 Å². The van der Waals surface area contributed by atoms with E-state index < -0.39 is 15.0 Å². The summed E-state index contributed by atoms with van der Waals surface area (Å²) in [6.45, 7) is 8.18. The van der Waals surface area contributed by atoms with E-state index in [2.05, 4.69) is 20.8 Å². The molecule has 0 spiro atoms. The van der Waals surface area contributed by atoms with Crippen molar-refractivity contribution in [2.45, 2.75) is 81.7 Å². The van der Waals surface area contributed by atoms with Gasteiger partial charge in [0.15, 0.2) is 0 Å². The summed E-state index contributed by atoms with van der Waals surface area (Å²) in [7, 11) is -3.96. The van der Waals surface area contributed by atoms with Crippen LogP contribution in [0.3, 0.4) is 0 Å². The van der Waals surface area contributed by atoms with Gasteiger partial charge in [0.2, 0.25) is 0 Å². The number of benzene rings is 1. The van der Waals surface area contributed by atoms with Crippen LogP contribution in [-0.2, 0) is 23.8 Å². The maximum absolute atomic E-state index is 12.2. The third-order valence-electron chi connectivity index (χ3n) is 5.89. The Balaban J connectivity index is 1.39. The van der Waals surface area contributed by atoms with Gasteiger partial charge in [0.1, 0.15) is 0 Å². The van der Waals surface area contributed by atoms with Crippen molar-refractivity contribution >= 4 is 15.8 Å². The number of nitrogens with zero attached hydrogens (tertiary/aromatic N) is 1. The molecule has 2 aliphatic rings. The second-order valence-electron chi connectivity index (χ2n) is 8.75. The molecule has 2 heterocycles. The summed E-state index contributed by atoms with van der Waals surface area (Å²) >= 11 is 0. The number of hydrogen-bond acceptors (Lipinski definition) is 7. The van der Waals surface area contributed by atoms with Gasteiger partial charge in [0, 0.05) is 12.1 Å². The van der Waals surface area contributed by atoms with Gasteiger partial charge >= 0.3 is 0 Å². The van der Waals surface area contributed by atoms with Crippen molar-refractivity contribution in [2.24, 2.45) is 0 Å². The highest BCUT2D eigenvalue weighted by molar-refractivity contribution is 7.86. The highest BCUT2D eigenvalue weighted by Gasteiger charge is 2.54. The van der Waals surface area contributed by atoms with Gasteiger partial charge in [-0.05, 0) is 65.5 Å². The van der Waals surface area contributed by atoms with Crippen LogP contribution in [-0.4, -0.2) is 43.4 Å². The zero-order valence-electron chi connectivity index (χ0n) is 17.8. The molecule has 0 amide bonds. The Morgan fingerprint density at radius 3 is 2.37 bits per heavy atom. The van der Waals surface area contributed by atoms with Gasteiger partial charge in [-0.2, -0.15) is 8.42 Å². The third-order valence-corrected chi connectivity index (χ3v) is 7.19. The molecule has 9 heteroatoms. The molecular formula is C21H29NO7S. The summed E-state index contributed by atoms with van der Waals surface area (Å²) in [6, 6.07) is 4.62. The number of non-ortho nitro benzene ring substituents is 1. The molecule has 0 saturated carbocycles. The molecule has 30 heavy (non-hydrogen) atoms. The van der Waals surface area contributed by atoms with Crippen LogP contribution in [0.1, 0.15) is 53.4 Å². The van der Waals surface area contributed by atoms with Gasteiger partial charge in [-0.3, -0.25) is 14.3 Å². The normalized spacial score (nSPS) is 27.7. The van der Waals surface area contributed by atoms with Crippen LogP contribution in [0.2, 0.25) is 0 Å². The van der Waals surface area contributed by atoms with Crippen LogP contribution < -0.4 is 0 Å². The van der Waals surface area contributed by atoms with E-state index in [0.717, 1.165) is 43.4 Å². The van der Waals surface area contributed by atoms with Crippen LogP contribution in [0, 0.1) is 10.1 Å². The van der Waals surface area contributed by atoms with Gasteiger partial charge in [-0.25, -0.2) is 0 Å². The maximum atomic E-state index is 12.2. The Morgan fingerprint density at radius 1 is 1.17 bits per heavy atom. The Hall–Kier alpha value is -1.81. The predicted molar refractivity (Wildman–Crippen MR) is 111 cm³/mol. The first-order valence-corrected chi connectivity index (χ1v) is 11.5. The molecule has 0 aliphatic carbocycles. The van der Waals surface area contributed by atoms with Crippen molar-refractivity contribution in [3.05, 3.63) is 46.0 Å². The van der Waals surface area contributed by atoms with E-state index in [1.165, 1.54) is 12.1 Å². The zero-order chi connectivity index (χ0) is 22.2. The van der Waals surface area contributed by atoms with Crippen molar-refractivity contribution in [2.75, 3.05) is 6.61 Å². The quantitative estimate of drug-likeness (QED) is 0.167. The number of rotatable bonds is 11. The molecule has 0 bridgehead atoms. The number of ether oxygens (including phenoxy) is 2. The minimum atomic E-state index is -3.96. The molecule has 3 atom stereocenters. The number of nitro benzene ring substituents is 1. The van der Waals surface area contributed by atoms with Gasteiger partial charge < -0.3 is 9.47 Å². The van der Waals surface area contributed by atoms with E-state index in [9.17, 15) is 18.5 Å². The first kappa shape index (κ1) is 22.9. The second-order valence-corrected chi connectivity index (χ2v) is 10.4. The number of hydrogen-bond donors (Lipinski definition) is 0. The van der Waals surface area contributed by atoms with Crippen molar-refractivity contribution in [3.63, 3.8) is 0 Å². The van der Waals surface area contributed by atoms with Gasteiger partial charge in [-0.1, -0.05) is 11.6 Å². The highest BCUT2D eigenvalue weighted by Crippen LogP contribution is 2.47. The smallest absolute Gasteiger partial charge is 0.297 e. The first-order chi connectivity index (χ1) is 13.9. The summed E-state index contributed by atoms with van der Waals surface area (Å²) < 4.78 is 40.9. The van der Waals surface area contributed by atoms with E-state index in [1.54, 1.807) is 6.08 Å². The van der Waals surface area contributed by atoms with E-state index in [0.29, 0.717) is 6.10 Å². The van der Waals surface area contributed by atoms with Crippen LogP contribution in [0.4, 0.5) is 5.69 Å². The molecule has 2 fully saturated rings. The topological polar surface area (TPSA) is 112 Å². The molecule has 0 N–H and O–H groups in total. The predicted octanol–water partition coefficient (Wildman–Crippen LogP) is 4.14. The fourth-order valence-corrected chi connectivity index (χ4v) is 4.41. The van der Waals surface area contributed by atoms with E-state index in [4.69, 9.17) is 13.7 Å². The Morgan fingerprint density at radius 2 is 1.80 bits per heavy atom. The monoisotopic (exact) mass is 439 g/mol. The highest BCUT2D eigenvalue weighted by atomic mass is 32.2. The molecule has 3 rings (SSSR count). The van der Waals surface area contributed by atoms with Crippen molar-refractivity contribution < 1.29 is 27.0 Å². The molecule has 2 aliphatic heterocycles. The minimum Gasteiger partial charge on any atom is -0.367 e. The lowest BCUT2D eigenvalue weighted by molar-refractivity contribution is -0.384. The van der Waals surface area contributed by atoms with Gasteiger partial charge in [0.25, 0.3) is 15.8 Å². The fraction of sp³-hybridized carbons (Fsp3) is 0.619. The molecule has 166 valence electrons. The summed E-state index contributed by atoms with van der Waals surface area (Å²) in [5, 5.41) is 10.7. The SMILES string of the molecule is C/C(=C\COS(=O)(=O)c1ccc([N+](=O)[O-])cc1)CC[C@H]1O[C@]1(C)CC[C@H]1OC1(C)C. The second kappa shape index (κ2) is 8.37.